The Labute approximate surface area is 213 Å². The maximum Gasteiger partial charge on any atom is 0.258 e. The number of carbonyl (C=O) groups is 1. The number of hydrogen-bond donors (Lipinski definition) is 0. The topological polar surface area (TPSA) is 58.6 Å². The molecule has 0 spiro atoms. The number of rotatable bonds is 11. The first-order valence-corrected chi connectivity index (χ1v) is 12.7. The summed E-state index contributed by atoms with van der Waals surface area (Å²) in [6.45, 7) is 8.13. The minimum Gasteiger partial charge on any atom is -0.497 e. The molecule has 1 fully saturated rings. The Hall–Kier alpha value is -3.48. The highest BCUT2D eigenvalue weighted by atomic mass is 19.1. The van der Waals surface area contributed by atoms with E-state index in [0.717, 1.165) is 30.8 Å². The number of halogens is 1. The molecule has 0 saturated heterocycles. The number of aromatic nitrogens is 2. The van der Waals surface area contributed by atoms with Crippen molar-refractivity contribution in [2.24, 2.45) is 5.92 Å². The van der Waals surface area contributed by atoms with E-state index < -0.39 is 5.82 Å². The molecule has 6 nitrogen and oxygen atoms in total. The van der Waals surface area contributed by atoms with Gasteiger partial charge in [0, 0.05) is 37.4 Å². The summed E-state index contributed by atoms with van der Waals surface area (Å²) in [7, 11) is 1.62. The van der Waals surface area contributed by atoms with Crippen LogP contribution in [0.3, 0.4) is 0 Å². The molecule has 0 radical (unpaired) electrons. The first-order valence-electron chi connectivity index (χ1n) is 12.7. The maximum absolute atomic E-state index is 15.0. The summed E-state index contributed by atoms with van der Waals surface area (Å²) in [5.41, 5.74) is 1.87. The number of methoxy groups -OCH3 is 1. The van der Waals surface area contributed by atoms with E-state index in [0.29, 0.717) is 35.2 Å². The van der Waals surface area contributed by atoms with E-state index in [2.05, 4.69) is 16.8 Å². The molecule has 190 valence electrons. The van der Waals surface area contributed by atoms with Crippen molar-refractivity contribution in [1.29, 1.82) is 0 Å². The molecule has 1 saturated carbocycles. The summed E-state index contributed by atoms with van der Waals surface area (Å²) >= 11 is 0. The highest BCUT2D eigenvalue weighted by Crippen LogP contribution is 2.32. The molecule has 1 heterocycles. The lowest BCUT2D eigenvalue weighted by molar-refractivity contribution is 0.0690. The van der Waals surface area contributed by atoms with Gasteiger partial charge in [-0.1, -0.05) is 31.2 Å². The molecule has 7 heteroatoms. The van der Waals surface area contributed by atoms with Crippen molar-refractivity contribution in [2.75, 3.05) is 25.1 Å². The van der Waals surface area contributed by atoms with E-state index in [-0.39, 0.29) is 11.9 Å². The summed E-state index contributed by atoms with van der Waals surface area (Å²) in [5, 5.41) is 0. The van der Waals surface area contributed by atoms with Crippen LogP contribution in [0.4, 0.5) is 10.3 Å². The molecule has 3 aromatic rings. The van der Waals surface area contributed by atoms with Gasteiger partial charge in [0.2, 0.25) is 5.95 Å². The minimum absolute atomic E-state index is 0.0942. The first kappa shape index (κ1) is 25.6. The van der Waals surface area contributed by atoms with Gasteiger partial charge in [-0.3, -0.25) is 4.79 Å². The zero-order valence-electron chi connectivity index (χ0n) is 21.6. The Balaban J connectivity index is 1.74. The maximum atomic E-state index is 15.0. The van der Waals surface area contributed by atoms with Crippen molar-refractivity contribution >= 4 is 11.9 Å². The Morgan fingerprint density at radius 1 is 1.17 bits per heavy atom. The second-order valence-electron chi connectivity index (χ2n) is 9.68. The van der Waals surface area contributed by atoms with Crippen LogP contribution in [0, 0.1) is 11.7 Å². The summed E-state index contributed by atoms with van der Waals surface area (Å²) in [5.74, 6) is 1.28. The van der Waals surface area contributed by atoms with E-state index in [9.17, 15) is 9.18 Å². The van der Waals surface area contributed by atoms with Gasteiger partial charge in [0.05, 0.1) is 18.4 Å². The second kappa shape index (κ2) is 11.5. The van der Waals surface area contributed by atoms with Gasteiger partial charge in [-0.15, -0.1) is 0 Å². The van der Waals surface area contributed by atoms with Crippen molar-refractivity contribution in [3.05, 3.63) is 71.7 Å². The number of carbonyl (C=O) groups excluding carboxylic acids is 1. The smallest absolute Gasteiger partial charge is 0.258 e. The fourth-order valence-corrected chi connectivity index (χ4v) is 4.31. The summed E-state index contributed by atoms with van der Waals surface area (Å²) < 4.78 is 20.3. The Morgan fingerprint density at radius 2 is 1.94 bits per heavy atom. The number of hydrogen-bond acceptors (Lipinski definition) is 5. The molecule has 0 unspecified atom stereocenters. The molecule has 0 bridgehead atoms. The standard InChI is InChI=1S/C29H35FN4O2/c1-5-15-33(18-21-13-14-21)29-31-17-25(27(32-29)24-11-6-7-12-26(24)30)28(35)34(20(2)3)19-22-9-8-10-23(16-22)36-4/h6-12,16-17,20-21H,5,13-15,18-19H2,1-4H3. The normalized spacial score (nSPS) is 13.1. The van der Waals surface area contributed by atoms with Crippen LogP contribution in [0.5, 0.6) is 5.75 Å². The number of ether oxygens (including phenoxy) is 1. The van der Waals surface area contributed by atoms with Crippen LogP contribution in [0.15, 0.2) is 54.7 Å². The van der Waals surface area contributed by atoms with Gasteiger partial charge in [-0.2, -0.15) is 0 Å². The SMILES string of the molecule is CCCN(CC1CC1)c1ncc(C(=O)N(Cc2cccc(OC)c2)C(C)C)c(-c2ccccc2F)n1. The number of benzene rings is 2. The average molecular weight is 491 g/mol. The molecule has 36 heavy (non-hydrogen) atoms. The van der Waals surface area contributed by atoms with Gasteiger partial charge in [0.25, 0.3) is 5.91 Å². The third kappa shape index (κ3) is 6.01. The van der Waals surface area contributed by atoms with Crippen LogP contribution in [-0.4, -0.2) is 47.0 Å². The molecule has 1 aliphatic carbocycles. The third-order valence-corrected chi connectivity index (χ3v) is 6.46. The fourth-order valence-electron chi connectivity index (χ4n) is 4.31. The van der Waals surface area contributed by atoms with Gasteiger partial charge in [0.15, 0.2) is 0 Å². The van der Waals surface area contributed by atoms with Crippen molar-refractivity contribution in [3.8, 4) is 17.0 Å². The van der Waals surface area contributed by atoms with E-state index >= 15 is 0 Å². The molecule has 0 aliphatic heterocycles. The van der Waals surface area contributed by atoms with Gasteiger partial charge in [-0.05, 0) is 68.9 Å². The molecule has 0 atom stereocenters. The van der Waals surface area contributed by atoms with E-state index in [1.807, 2.05) is 38.1 Å². The second-order valence-corrected chi connectivity index (χ2v) is 9.68. The zero-order chi connectivity index (χ0) is 25.7. The third-order valence-electron chi connectivity index (χ3n) is 6.46. The van der Waals surface area contributed by atoms with Crippen LogP contribution in [0.25, 0.3) is 11.3 Å². The molecular formula is C29H35FN4O2. The van der Waals surface area contributed by atoms with Gasteiger partial charge in [-0.25, -0.2) is 14.4 Å². The van der Waals surface area contributed by atoms with Crippen molar-refractivity contribution < 1.29 is 13.9 Å². The molecular weight excluding hydrogens is 455 g/mol. The molecule has 4 rings (SSSR count). The van der Waals surface area contributed by atoms with Gasteiger partial charge in [0.1, 0.15) is 11.6 Å². The average Bonchev–Trinajstić information content (AvgIpc) is 3.71. The Morgan fingerprint density at radius 3 is 2.61 bits per heavy atom. The van der Waals surface area contributed by atoms with Gasteiger partial charge >= 0.3 is 0 Å². The monoisotopic (exact) mass is 490 g/mol. The van der Waals surface area contributed by atoms with Crippen molar-refractivity contribution in [2.45, 2.75) is 52.6 Å². The van der Waals surface area contributed by atoms with E-state index in [1.54, 1.807) is 36.4 Å². The quantitative estimate of drug-likeness (QED) is 0.332. The summed E-state index contributed by atoms with van der Waals surface area (Å²) in [4.78, 5) is 27.3. The van der Waals surface area contributed by atoms with Crippen LogP contribution in [-0.2, 0) is 6.54 Å². The zero-order valence-corrected chi connectivity index (χ0v) is 21.6. The first-order chi connectivity index (χ1) is 17.4. The van der Waals surface area contributed by atoms with Crippen LogP contribution in [0.1, 0.15) is 56.0 Å². The number of nitrogens with zero attached hydrogens (tertiary/aromatic N) is 4. The fraction of sp³-hybridized carbons (Fsp3) is 0.414. The largest absolute Gasteiger partial charge is 0.497 e. The minimum atomic E-state index is -0.413. The van der Waals surface area contributed by atoms with Crippen LogP contribution in [0.2, 0.25) is 0 Å². The summed E-state index contributed by atoms with van der Waals surface area (Å²) in [6, 6.07) is 14.0. The summed E-state index contributed by atoms with van der Waals surface area (Å²) in [6.07, 6.45) is 4.95. The van der Waals surface area contributed by atoms with E-state index in [4.69, 9.17) is 9.72 Å². The van der Waals surface area contributed by atoms with Gasteiger partial charge < -0.3 is 14.5 Å². The number of amides is 1. The molecule has 2 aromatic carbocycles. The predicted octanol–water partition coefficient (Wildman–Crippen LogP) is 5.97. The number of anilines is 1. The van der Waals surface area contributed by atoms with Crippen molar-refractivity contribution in [1.82, 2.24) is 14.9 Å². The highest BCUT2D eigenvalue weighted by molar-refractivity contribution is 6.00. The lowest BCUT2D eigenvalue weighted by Gasteiger charge is -2.28. The lowest BCUT2D eigenvalue weighted by atomic mass is 10.0. The molecule has 1 aliphatic rings. The van der Waals surface area contributed by atoms with Crippen LogP contribution >= 0.6 is 0 Å². The Bertz CT molecular complexity index is 1200. The molecule has 1 amide bonds. The predicted molar refractivity (Wildman–Crippen MR) is 141 cm³/mol. The Kier molecular flexibility index (Phi) is 8.18. The van der Waals surface area contributed by atoms with E-state index in [1.165, 1.54) is 18.9 Å². The van der Waals surface area contributed by atoms with Crippen molar-refractivity contribution in [3.63, 3.8) is 0 Å². The molecule has 0 N–H and O–H groups in total. The van der Waals surface area contributed by atoms with Crippen LogP contribution < -0.4 is 9.64 Å². The highest BCUT2D eigenvalue weighted by Gasteiger charge is 2.28. The lowest BCUT2D eigenvalue weighted by Crippen LogP contribution is -2.37. The molecule has 1 aromatic heterocycles.